The number of nitrogens with one attached hydrogen (secondary N) is 1. The lowest BCUT2D eigenvalue weighted by Crippen LogP contribution is -2.50. The van der Waals surface area contributed by atoms with Crippen LogP contribution in [0.25, 0.3) is 0 Å². The smallest absolute Gasteiger partial charge is 0.410 e. The van der Waals surface area contributed by atoms with E-state index >= 15 is 0 Å². The Balaban J connectivity index is 1.95. The number of ether oxygens (including phenoxy) is 2. The van der Waals surface area contributed by atoms with E-state index in [0.717, 1.165) is 19.3 Å². The second-order valence-corrected chi connectivity index (χ2v) is 9.59. The molecule has 1 atom stereocenters. The highest BCUT2D eigenvalue weighted by Crippen LogP contribution is 2.20. The van der Waals surface area contributed by atoms with Crippen molar-refractivity contribution in [2.45, 2.75) is 57.4 Å². The number of nitrogens with zero attached hydrogens (tertiary/aromatic N) is 1. The second-order valence-electron chi connectivity index (χ2n) is 7.78. The predicted octanol–water partition coefficient (Wildman–Crippen LogP) is 2.90. The van der Waals surface area contributed by atoms with E-state index in [4.69, 9.17) is 9.47 Å². The zero-order valence-electron chi connectivity index (χ0n) is 16.5. The summed E-state index contributed by atoms with van der Waals surface area (Å²) in [6.07, 6.45) is 2.23. The summed E-state index contributed by atoms with van der Waals surface area (Å²) in [6.45, 7) is 6.24. The minimum absolute atomic E-state index is 0.115. The lowest BCUT2D eigenvalue weighted by molar-refractivity contribution is 0.0105. The van der Waals surface area contributed by atoms with Crippen LogP contribution in [0.3, 0.4) is 0 Å². The van der Waals surface area contributed by atoms with E-state index in [0.29, 0.717) is 17.9 Å². The monoisotopic (exact) mass is 398 g/mol. The first-order valence-corrected chi connectivity index (χ1v) is 10.8. The Kier molecular flexibility index (Phi) is 7.11. The second kappa shape index (κ2) is 8.93. The predicted molar refractivity (Wildman–Crippen MR) is 104 cm³/mol. The Bertz CT molecular complexity index is 725. The zero-order chi connectivity index (χ0) is 20.1. The molecule has 0 spiro atoms. The van der Waals surface area contributed by atoms with Crippen molar-refractivity contribution in [3.05, 3.63) is 29.8 Å². The van der Waals surface area contributed by atoms with Gasteiger partial charge in [-0.2, -0.15) is 0 Å². The van der Waals surface area contributed by atoms with Crippen LogP contribution in [0, 0.1) is 0 Å². The van der Waals surface area contributed by atoms with Crippen molar-refractivity contribution in [3.8, 4) is 5.75 Å². The van der Waals surface area contributed by atoms with Gasteiger partial charge in [0.25, 0.3) is 0 Å². The molecule has 0 saturated carbocycles. The molecular formula is C19H30N2O5S. The highest BCUT2D eigenvalue weighted by atomic mass is 32.2. The van der Waals surface area contributed by atoms with Gasteiger partial charge in [-0.1, -0.05) is 12.1 Å². The van der Waals surface area contributed by atoms with Gasteiger partial charge in [0.1, 0.15) is 11.4 Å². The molecule has 1 aliphatic rings. The first kappa shape index (κ1) is 21.5. The summed E-state index contributed by atoms with van der Waals surface area (Å²) in [5.41, 5.74) is 0.100. The Hall–Kier alpha value is -1.80. The molecule has 0 unspecified atom stereocenters. The fraction of sp³-hybridized carbons (Fsp3) is 0.632. The van der Waals surface area contributed by atoms with Crippen LogP contribution in [0.5, 0.6) is 5.75 Å². The maximum absolute atomic E-state index is 12.4. The summed E-state index contributed by atoms with van der Waals surface area (Å²) in [5, 5.41) is 0. The number of hydrogen-bond acceptors (Lipinski definition) is 5. The molecule has 2 rings (SSSR count). The molecule has 7 nitrogen and oxygen atoms in total. The standard InChI is InChI=1S/C19H30N2O5S/c1-19(2,3)26-18(22)21-12-6-5-7-16(21)13-20-27(23,24)14-15-8-10-17(25-4)11-9-15/h8-11,16,20H,5-7,12-14H2,1-4H3/t16-/m1/s1. The van der Waals surface area contributed by atoms with Crippen LogP contribution in [-0.2, 0) is 20.5 Å². The van der Waals surface area contributed by atoms with Crippen LogP contribution >= 0.6 is 0 Å². The fourth-order valence-corrected chi connectivity index (χ4v) is 4.17. The molecule has 1 aliphatic heterocycles. The summed E-state index contributed by atoms with van der Waals surface area (Å²) in [6, 6.07) is 6.73. The maximum atomic E-state index is 12.4. The molecule has 1 aromatic rings. The lowest BCUT2D eigenvalue weighted by Gasteiger charge is -2.36. The minimum Gasteiger partial charge on any atom is -0.497 e. The molecule has 0 radical (unpaired) electrons. The van der Waals surface area contributed by atoms with Crippen molar-refractivity contribution < 1.29 is 22.7 Å². The molecule has 1 fully saturated rings. The van der Waals surface area contributed by atoms with Crippen LogP contribution in [0.1, 0.15) is 45.6 Å². The zero-order valence-corrected chi connectivity index (χ0v) is 17.3. The molecular weight excluding hydrogens is 368 g/mol. The van der Waals surface area contributed by atoms with Gasteiger partial charge in [-0.3, -0.25) is 0 Å². The van der Waals surface area contributed by atoms with Crippen LogP contribution in [-0.4, -0.2) is 51.3 Å². The molecule has 0 aliphatic carbocycles. The van der Waals surface area contributed by atoms with Crippen molar-refractivity contribution in [1.29, 1.82) is 0 Å². The molecule has 1 heterocycles. The Morgan fingerprint density at radius 1 is 1.22 bits per heavy atom. The third-order valence-corrected chi connectivity index (χ3v) is 5.63. The quantitative estimate of drug-likeness (QED) is 0.796. The largest absolute Gasteiger partial charge is 0.497 e. The summed E-state index contributed by atoms with van der Waals surface area (Å²) in [7, 11) is -1.94. The van der Waals surface area contributed by atoms with Crippen LogP contribution < -0.4 is 9.46 Å². The molecule has 1 N–H and O–H groups in total. The summed E-state index contributed by atoms with van der Waals surface area (Å²) >= 11 is 0. The van der Waals surface area contributed by atoms with Gasteiger partial charge in [-0.25, -0.2) is 17.9 Å². The van der Waals surface area contributed by atoms with Gasteiger partial charge in [0.2, 0.25) is 10.0 Å². The van der Waals surface area contributed by atoms with Crippen molar-refractivity contribution in [2.24, 2.45) is 0 Å². The number of carbonyl (C=O) groups is 1. The molecule has 152 valence electrons. The Morgan fingerprint density at radius 3 is 2.48 bits per heavy atom. The summed E-state index contributed by atoms with van der Waals surface area (Å²) in [4.78, 5) is 14.1. The van der Waals surface area contributed by atoms with Crippen LogP contribution in [0.4, 0.5) is 4.79 Å². The van der Waals surface area contributed by atoms with Gasteiger partial charge in [0.05, 0.1) is 12.9 Å². The molecule has 8 heteroatoms. The Labute approximate surface area is 162 Å². The number of likely N-dealkylation sites (tertiary alicyclic amines) is 1. The molecule has 1 aromatic carbocycles. The van der Waals surface area contributed by atoms with Crippen molar-refractivity contribution in [3.63, 3.8) is 0 Å². The number of sulfonamides is 1. The van der Waals surface area contributed by atoms with E-state index in [1.165, 1.54) is 0 Å². The maximum Gasteiger partial charge on any atom is 0.410 e. The van der Waals surface area contributed by atoms with E-state index < -0.39 is 15.6 Å². The van der Waals surface area contributed by atoms with Crippen LogP contribution in [0.15, 0.2) is 24.3 Å². The first-order chi connectivity index (χ1) is 12.6. The van der Waals surface area contributed by atoms with E-state index in [1.54, 1.807) is 36.3 Å². The van der Waals surface area contributed by atoms with Gasteiger partial charge in [0.15, 0.2) is 0 Å². The van der Waals surface area contributed by atoms with E-state index in [1.807, 2.05) is 20.8 Å². The average Bonchev–Trinajstić information content (AvgIpc) is 2.59. The highest BCUT2D eigenvalue weighted by molar-refractivity contribution is 7.88. The van der Waals surface area contributed by atoms with Gasteiger partial charge < -0.3 is 14.4 Å². The van der Waals surface area contributed by atoms with Gasteiger partial charge >= 0.3 is 6.09 Å². The normalized spacial score (nSPS) is 18.2. The van der Waals surface area contributed by atoms with Gasteiger partial charge in [-0.05, 0) is 57.7 Å². The number of rotatable bonds is 6. The number of benzene rings is 1. The molecule has 1 amide bonds. The van der Waals surface area contributed by atoms with Crippen molar-refractivity contribution >= 4 is 16.1 Å². The van der Waals surface area contributed by atoms with Crippen molar-refractivity contribution in [2.75, 3.05) is 20.2 Å². The lowest BCUT2D eigenvalue weighted by atomic mass is 10.0. The summed E-state index contributed by atoms with van der Waals surface area (Å²) in [5.74, 6) is 0.565. The van der Waals surface area contributed by atoms with E-state index in [2.05, 4.69) is 4.72 Å². The number of hydrogen-bond donors (Lipinski definition) is 1. The van der Waals surface area contributed by atoms with Gasteiger partial charge in [-0.15, -0.1) is 0 Å². The third-order valence-electron chi connectivity index (χ3n) is 4.31. The highest BCUT2D eigenvalue weighted by Gasteiger charge is 2.31. The number of amides is 1. The van der Waals surface area contributed by atoms with E-state index in [-0.39, 0.29) is 24.4 Å². The first-order valence-electron chi connectivity index (χ1n) is 9.19. The topological polar surface area (TPSA) is 84.9 Å². The molecule has 1 saturated heterocycles. The molecule has 0 aromatic heterocycles. The number of methoxy groups -OCH3 is 1. The van der Waals surface area contributed by atoms with Crippen LogP contribution in [0.2, 0.25) is 0 Å². The average molecular weight is 399 g/mol. The third kappa shape index (κ3) is 7.03. The number of carbonyl (C=O) groups excluding carboxylic acids is 1. The molecule has 0 bridgehead atoms. The minimum atomic E-state index is -3.51. The van der Waals surface area contributed by atoms with Gasteiger partial charge in [0, 0.05) is 19.1 Å². The van der Waals surface area contributed by atoms with Crippen molar-refractivity contribution in [1.82, 2.24) is 9.62 Å². The summed E-state index contributed by atoms with van der Waals surface area (Å²) < 4.78 is 38.0. The number of piperidine rings is 1. The molecule has 27 heavy (non-hydrogen) atoms. The van der Waals surface area contributed by atoms with E-state index in [9.17, 15) is 13.2 Å². The fourth-order valence-electron chi connectivity index (χ4n) is 2.99. The SMILES string of the molecule is COc1ccc(CS(=O)(=O)NC[C@H]2CCCCN2C(=O)OC(C)(C)C)cc1. The Morgan fingerprint density at radius 2 is 1.89 bits per heavy atom.